The fourth-order valence-electron chi connectivity index (χ4n) is 0.257. The van der Waals surface area contributed by atoms with Crippen LogP contribution in [0.25, 0.3) is 0 Å². The molecule has 0 fully saturated rings. The smallest absolute Gasteiger partial charge is 0.450 e. The summed E-state index contributed by atoms with van der Waals surface area (Å²) in [7, 11) is 0. The minimum Gasteiger partial charge on any atom is -0.450 e. The van der Waals surface area contributed by atoms with Crippen molar-refractivity contribution in [1.82, 2.24) is 0 Å². The Morgan fingerprint density at radius 2 is 2.00 bits per heavy atom. The second-order valence-corrected chi connectivity index (χ2v) is 1.83. The van der Waals surface area contributed by atoms with Gasteiger partial charge in [-0.25, -0.2) is 4.79 Å². The molecule has 54 valence electrons. The zero-order valence-corrected chi connectivity index (χ0v) is 5.37. The van der Waals surface area contributed by atoms with Gasteiger partial charge in [0.05, 0.1) is 6.10 Å². The quantitative estimate of drug-likeness (QED) is 0.538. The molecule has 4 heteroatoms. The molecule has 0 spiro atoms. The average Bonchev–Trinajstić information content (AvgIpc) is 1.63. The molecular weight excluding hydrogens is 124 g/mol. The second-order valence-electron chi connectivity index (χ2n) is 1.83. The summed E-state index contributed by atoms with van der Waals surface area (Å²) < 4.78 is 4.18. The van der Waals surface area contributed by atoms with Gasteiger partial charge in [0.1, 0.15) is 6.10 Å². The van der Waals surface area contributed by atoms with Crippen LogP contribution in [0.3, 0.4) is 0 Å². The summed E-state index contributed by atoms with van der Waals surface area (Å²) in [6.07, 6.45) is -2.76. The third-order valence-electron chi connectivity index (χ3n) is 0.966. The Morgan fingerprint density at radius 3 is 2.11 bits per heavy atom. The Labute approximate surface area is 53.1 Å². The van der Waals surface area contributed by atoms with Crippen molar-refractivity contribution < 1.29 is 19.7 Å². The number of hydrogen-bond acceptors (Lipinski definition) is 3. The molecule has 0 bridgehead atoms. The molecule has 4 nitrogen and oxygen atoms in total. The van der Waals surface area contributed by atoms with E-state index in [1.807, 2.05) is 0 Å². The highest BCUT2D eigenvalue weighted by Crippen LogP contribution is 1.96. The fraction of sp³-hybridized carbons (Fsp3) is 0.800. The topological polar surface area (TPSA) is 66.8 Å². The Bertz CT molecular complexity index is 99.1. The van der Waals surface area contributed by atoms with Gasteiger partial charge in [-0.1, -0.05) is 0 Å². The number of ether oxygens (including phenoxy) is 1. The molecule has 0 aliphatic heterocycles. The highest BCUT2D eigenvalue weighted by Gasteiger charge is 2.12. The van der Waals surface area contributed by atoms with Crippen LogP contribution < -0.4 is 0 Å². The largest absolute Gasteiger partial charge is 0.506 e. The van der Waals surface area contributed by atoms with Gasteiger partial charge in [-0.05, 0) is 13.8 Å². The first-order valence-electron chi connectivity index (χ1n) is 2.61. The number of carbonyl (C=O) groups is 1. The summed E-state index contributed by atoms with van der Waals surface area (Å²) in [5.41, 5.74) is 0. The van der Waals surface area contributed by atoms with E-state index in [9.17, 15) is 4.79 Å². The van der Waals surface area contributed by atoms with Crippen LogP contribution in [-0.4, -0.2) is 28.6 Å². The Morgan fingerprint density at radius 1 is 1.56 bits per heavy atom. The third kappa shape index (κ3) is 3.78. The first-order chi connectivity index (χ1) is 4.04. The van der Waals surface area contributed by atoms with Crippen molar-refractivity contribution in [1.29, 1.82) is 0 Å². The van der Waals surface area contributed by atoms with E-state index in [2.05, 4.69) is 4.74 Å². The molecule has 9 heavy (non-hydrogen) atoms. The Hall–Kier alpha value is -0.770. The van der Waals surface area contributed by atoms with Crippen molar-refractivity contribution in [2.24, 2.45) is 0 Å². The van der Waals surface area contributed by atoms with Gasteiger partial charge in [0, 0.05) is 0 Å². The van der Waals surface area contributed by atoms with Gasteiger partial charge in [-0.15, -0.1) is 0 Å². The molecule has 0 saturated carbocycles. The van der Waals surface area contributed by atoms with E-state index in [1.165, 1.54) is 13.8 Å². The van der Waals surface area contributed by atoms with Crippen LogP contribution in [0.4, 0.5) is 4.79 Å². The van der Waals surface area contributed by atoms with Gasteiger partial charge >= 0.3 is 6.16 Å². The van der Waals surface area contributed by atoms with Crippen LogP contribution in [0, 0.1) is 0 Å². The van der Waals surface area contributed by atoms with E-state index in [4.69, 9.17) is 10.2 Å². The predicted octanol–water partition coefficient (Wildman–Crippen LogP) is 0.450. The standard InChI is InChI=1S/C5H10O4/c1-3(6)4(2)9-5(7)8/h3-4,6H,1-2H3,(H,7,8). The van der Waals surface area contributed by atoms with E-state index in [0.717, 1.165) is 0 Å². The molecular formula is C5H10O4. The fourth-order valence-corrected chi connectivity index (χ4v) is 0.257. The maximum absolute atomic E-state index is 9.78. The summed E-state index contributed by atoms with van der Waals surface area (Å²) in [5.74, 6) is 0. The molecule has 0 rings (SSSR count). The highest BCUT2D eigenvalue weighted by molar-refractivity contribution is 5.57. The van der Waals surface area contributed by atoms with Crippen molar-refractivity contribution in [2.75, 3.05) is 0 Å². The molecule has 0 amide bonds. The summed E-state index contributed by atoms with van der Waals surface area (Å²) in [6, 6.07) is 0. The lowest BCUT2D eigenvalue weighted by atomic mass is 10.3. The van der Waals surface area contributed by atoms with Crippen LogP contribution in [-0.2, 0) is 4.74 Å². The van der Waals surface area contributed by atoms with Gasteiger partial charge < -0.3 is 14.9 Å². The number of aliphatic hydroxyl groups excluding tert-OH is 1. The molecule has 0 heterocycles. The van der Waals surface area contributed by atoms with E-state index in [1.54, 1.807) is 0 Å². The lowest BCUT2D eigenvalue weighted by molar-refractivity contribution is -0.00191. The second kappa shape index (κ2) is 3.29. The maximum atomic E-state index is 9.78. The zero-order valence-electron chi connectivity index (χ0n) is 5.37. The first kappa shape index (κ1) is 8.23. The number of aliphatic hydroxyl groups is 1. The third-order valence-corrected chi connectivity index (χ3v) is 0.966. The van der Waals surface area contributed by atoms with Crippen molar-refractivity contribution in [3.8, 4) is 0 Å². The monoisotopic (exact) mass is 134 g/mol. The number of rotatable bonds is 2. The summed E-state index contributed by atoms with van der Waals surface area (Å²) in [4.78, 5) is 9.78. The van der Waals surface area contributed by atoms with Gasteiger partial charge in [0.25, 0.3) is 0 Å². The molecule has 0 aromatic carbocycles. The van der Waals surface area contributed by atoms with Gasteiger partial charge in [-0.3, -0.25) is 0 Å². The molecule has 0 aromatic rings. The van der Waals surface area contributed by atoms with Gasteiger partial charge in [0.15, 0.2) is 0 Å². The molecule has 0 radical (unpaired) electrons. The average molecular weight is 134 g/mol. The van der Waals surface area contributed by atoms with Crippen LogP contribution in [0.5, 0.6) is 0 Å². The molecule has 0 aliphatic carbocycles. The summed E-state index contributed by atoms with van der Waals surface area (Å²) in [6.45, 7) is 2.95. The van der Waals surface area contributed by atoms with Crippen molar-refractivity contribution in [2.45, 2.75) is 26.1 Å². The van der Waals surface area contributed by atoms with E-state index >= 15 is 0 Å². The molecule has 0 saturated heterocycles. The lowest BCUT2D eigenvalue weighted by Crippen LogP contribution is -2.24. The van der Waals surface area contributed by atoms with Crippen LogP contribution in [0.15, 0.2) is 0 Å². The molecule has 2 atom stereocenters. The molecule has 0 aliphatic rings. The van der Waals surface area contributed by atoms with Crippen molar-refractivity contribution in [3.05, 3.63) is 0 Å². The van der Waals surface area contributed by atoms with Gasteiger partial charge in [-0.2, -0.15) is 0 Å². The first-order valence-corrected chi connectivity index (χ1v) is 2.61. The van der Waals surface area contributed by atoms with Gasteiger partial charge in [0.2, 0.25) is 0 Å². The minimum atomic E-state index is -1.36. The molecule has 2 unspecified atom stereocenters. The van der Waals surface area contributed by atoms with Crippen molar-refractivity contribution >= 4 is 6.16 Å². The van der Waals surface area contributed by atoms with E-state index in [0.29, 0.717) is 0 Å². The summed E-state index contributed by atoms with van der Waals surface area (Å²) in [5, 5.41) is 16.7. The summed E-state index contributed by atoms with van der Waals surface area (Å²) >= 11 is 0. The van der Waals surface area contributed by atoms with Crippen molar-refractivity contribution in [3.63, 3.8) is 0 Å². The van der Waals surface area contributed by atoms with Crippen LogP contribution >= 0.6 is 0 Å². The normalized spacial score (nSPS) is 16.3. The van der Waals surface area contributed by atoms with E-state index < -0.39 is 18.4 Å². The maximum Gasteiger partial charge on any atom is 0.506 e. The SMILES string of the molecule is CC(O)C(C)OC(=O)O. The highest BCUT2D eigenvalue weighted by atomic mass is 16.7. The number of carboxylic acid groups (broad SMARTS) is 1. The molecule has 0 aromatic heterocycles. The Balaban J connectivity index is 3.50. The molecule has 2 N–H and O–H groups in total. The van der Waals surface area contributed by atoms with Crippen LogP contribution in [0.1, 0.15) is 13.8 Å². The zero-order chi connectivity index (χ0) is 7.44. The lowest BCUT2D eigenvalue weighted by Gasteiger charge is -2.12. The predicted molar refractivity (Wildman–Crippen MR) is 30.3 cm³/mol. The minimum absolute atomic E-state index is 0.650. The number of hydrogen-bond donors (Lipinski definition) is 2. The van der Waals surface area contributed by atoms with Crippen LogP contribution in [0.2, 0.25) is 0 Å². The Kier molecular flexibility index (Phi) is 3.01. The van der Waals surface area contributed by atoms with E-state index in [-0.39, 0.29) is 0 Å².